The highest BCUT2D eigenvalue weighted by Crippen LogP contribution is 2.32. The third kappa shape index (κ3) is 3.18. The van der Waals surface area contributed by atoms with E-state index in [2.05, 4.69) is 32.1 Å². The number of aromatic nitrogens is 3. The van der Waals surface area contributed by atoms with Crippen molar-refractivity contribution in [1.29, 1.82) is 0 Å². The number of methoxy groups -OCH3 is 1. The van der Waals surface area contributed by atoms with Gasteiger partial charge in [-0.15, -0.1) is 0 Å². The van der Waals surface area contributed by atoms with Gasteiger partial charge < -0.3 is 9.64 Å². The number of aryl methyl sites for hydroxylation is 2. The lowest BCUT2D eigenvalue weighted by Crippen LogP contribution is -2.22. The Morgan fingerprint density at radius 3 is 2.55 bits per heavy atom. The summed E-state index contributed by atoms with van der Waals surface area (Å²) in [5.74, 6) is 2.24. The molecule has 0 fully saturated rings. The number of hydrogen-bond acceptors (Lipinski definition) is 5. The summed E-state index contributed by atoms with van der Waals surface area (Å²) in [6.07, 6.45) is 6.50. The standard InChI is InChI=1S/C15H18N4O.C2H6/c1-10-9-12-13(15(16-10)20-3)14(18-11(2)17-12)19-7-5-4-6-8-19;1-2/h5,7,9H,4,6,8H2,1-3H3;1-2H3. The van der Waals surface area contributed by atoms with Gasteiger partial charge in [0.1, 0.15) is 17.0 Å². The van der Waals surface area contributed by atoms with E-state index in [4.69, 9.17) is 4.74 Å². The van der Waals surface area contributed by atoms with E-state index < -0.39 is 0 Å². The summed E-state index contributed by atoms with van der Waals surface area (Å²) >= 11 is 0. The molecule has 0 saturated carbocycles. The van der Waals surface area contributed by atoms with Crippen LogP contribution < -0.4 is 9.64 Å². The Balaban J connectivity index is 0.000000847. The minimum Gasteiger partial charge on any atom is -0.480 e. The maximum atomic E-state index is 5.44. The van der Waals surface area contributed by atoms with Crippen LogP contribution in [0.2, 0.25) is 0 Å². The smallest absolute Gasteiger partial charge is 0.226 e. The second-order valence-corrected chi connectivity index (χ2v) is 4.98. The van der Waals surface area contributed by atoms with E-state index in [-0.39, 0.29) is 0 Å². The normalized spacial score (nSPS) is 13.8. The van der Waals surface area contributed by atoms with Gasteiger partial charge in [-0.1, -0.05) is 19.9 Å². The molecular weight excluding hydrogens is 276 g/mol. The predicted molar refractivity (Wildman–Crippen MR) is 90.4 cm³/mol. The van der Waals surface area contributed by atoms with Crippen LogP contribution in [0.25, 0.3) is 10.9 Å². The highest BCUT2D eigenvalue weighted by Gasteiger charge is 2.18. The lowest BCUT2D eigenvalue weighted by molar-refractivity contribution is 0.402. The largest absolute Gasteiger partial charge is 0.480 e. The van der Waals surface area contributed by atoms with Crippen molar-refractivity contribution in [1.82, 2.24) is 15.0 Å². The van der Waals surface area contributed by atoms with E-state index >= 15 is 0 Å². The molecule has 5 nitrogen and oxygen atoms in total. The van der Waals surface area contributed by atoms with Crippen molar-refractivity contribution in [3.8, 4) is 5.88 Å². The van der Waals surface area contributed by atoms with Crippen molar-refractivity contribution in [3.05, 3.63) is 29.9 Å². The number of ether oxygens (including phenoxy) is 1. The first-order valence-corrected chi connectivity index (χ1v) is 7.82. The van der Waals surface area contributed by atoms with Crippen molar-refractivity contribution < 1.29 is 4.74 Å². The zero-order chi connectivity index (χ0) is 16.1. The zero-order valence-electron chi connectivity index (χ0n) is 14.1. The van der Waals surface area contributed by atoms with Gasteiger partial charge in [-0.3, -0.25) is 0 Å². The Bertz CT molecular complexity index is 677. The average molecular weight is 300 g/mol. The third-order valence-electron chi connectivity index (χ3n) is 3.39. The number of anilines is 1. The van der Waals surface area contributed by atoms with Gasteiger partial charge >= 0.3 is 0 Å². The Morgan fingerprint density at radius 1 is 1.14 bits per heavy atom. The molecule has 0 atom stereocenters. The summed E-state index contributed by atoms with van der Waals surface area (Å²) in [4.78, 5) is 15.7. The number of pyridine rings is 1. The summed E-state index contributed by atoms with van der Waals surface area (Å²) in [6.45, 7) is 8.82. The molecule has 22 heavy (non-hydrogen) atoms. The number of nitrogens with zero attached hydrogens (tertiary/aromatic N) is 4. The zero-order valence-corrected chi connectivity index (χ0v) is 14.1. The van der Waals surface area contributed by atoms with Crippen molar-refractivity contribution in [2.24, 2.45) is 0 Å². The second-order valence-electron chi connectivity index (χ2n) is 4.98. The van der Waals surface area contributed by atoms with E-state index in [0.29, 0.717) is 5.88 Å². The molecule has 5 heteroatoms. The van der Waals surface area contributed by atoms with Gasteiger partial charge in [-0.2, -0.15) is 0 Å². The molecule has 0 N–H and O–H groups in total. The van der Waals surface area contributed by atoms with Gasteiger partial charge in [-0.05, 0) is 32.8 Å². The van der Waals surface area contributed by atoms with Gasteiger partial charge in [0.2, 0.25) is 5.88 Å². The predicted octanol–water partition coefficient (Wildman–Crippen LogP) is 3.79. The topological polar surface area (TPSA) is 51.1 Å². The summed E-state index contributed by atoms with van der Waals surface area (Å²) in [5, 5.41) is 0.884. The van der Waals surface area contributed by atoms with E-state index in [0.717, 1.165) is 47.6 Å². The first-order valence-electron chi connectivity index (χ1n) is 7.82. The molecule has 0 aliphatic carbocycles. The molecule has 0 amide bonds. The lowest BCUT2D eigenvalue weighted by atomic mass is 10.2. The summed E-state index contributed by atoms with van der Waals surface area (Å²) in [5.41, 5.74) is 1.78. The minimum absolute atomic E-state index is 0.592. The molecule has 1 aliphatic rings. The first-order chi connectivity index (χ1) is 10.7. The van der Waals surface area contributed by atoms with Gasteiger partial charge in [-0.25, -0.2) is 15.0 Å². The molecular formula is C17H24N4O. The Kier molecular flexibility index (Phi) is 5.31. The molecule has 0 radical (unpaired) electrons. The van der Waals surface area contributed by atoms with Crippen molar-refractivity contribution >= 4 is 16.7 Å². The molecule has 3 heterocycles. The van der Waals surface area contributed by atoms with Crippen molar-refractivity contribution in [2.75, 3.05) is 18.6 Å². The molecule has 0 spiro atoms. The number of allylic oxidation sites excluding steroid dienone is 1. The Labute approximate surface area is 132 Å². The van der Waals surface area contributed by atoms with Crippen LogP contribution in [0.5, 0.6) is 5.88 Å². The molecule has 2 aromatic rings. The summed E-state index contributed by atoms with van der Waals surface area (Å²) in [7, 11) is 1.64. The van der Waals surface area contributed by atoms with Crippen LogP contribution in [0.1, 0.15) is 38.2 Å². The van der Waals surface area contributed by atoms with Crippen molar-refractivity contribution in [2.45, 2.75) is 40.5 Å². The fourth-order valence-electron chi connectivity index (χ4n) is 2.52. The van der Waals surface area contributed by atoms with E-state index in [1.165, 1.54) is 0 Å². The van der Waals surface area contributed by atoms with Crippen LogP contribution in [0.15, 0.2) is 18.3 Å². The average Bonchev–Trinajstić information content (AvgIpc) is 2.55. The van der Waals surface area contributed by atoms with Crippen LogP contribution in [-0.2, 0) is 0 Å². The number of rotatable bonds is 2. The monoisotopic (exact) mass is 300 g/mol. The van der Waals surface area contributed by atoms with E-state index in [9.17, 15) is 0 Å². The van der Waals surface area contributed by atoms with Crippen LogP contribution >= 0.6 is 0 Å². The Hall–Kier alpha value is -2.17. The second kappa shape index (κ2) is 7.20. The molecule has 3 rings (SSSR count). The van der Waals surface area contributed by atoms with Gasteiger partial charge in [0, 0.05) is 18.4 Å². The highest BCUT2D eigenvalue weighted by atomic mass is 16.5. The third-order valence-corrected chi connectivity index (χ3v) is 3.39. The van der Waals surface area contributed by atoms with Gasteiger partial charge in [0.05, 0.1) is 12.6 Å². The SMILES string of the molecule is CC.COc1nc(C)cc2nc(C)nc(N3C=CCCC3)c12. The van der Waals surface area contributed by atoms with E-state index in [1.807, 2.05) is 33.8 Å². The Morgan fingerprint density at radius 2 is 1.91 bits per heavy atom. The number of fused-ring (bicyclic) bond motifs is 1. The molecule has 0 bridgehead atoms. The first kappa shape index (κ1) is 16.2. The molecule has 2 aromatic heterocycles. The van der Waals surface area contributed by atoms with Crippen LogP contribution in [0.4, 0.5) is 5.82 Å². The molecule has 0 saturated heterocycles. The van der Waals surface area contributed by atoms with Crippen molar-refractivity contribution in [3.63, 3.8) is 0 Å². The molecule has 0 unspecified atom stereocenters. The maximum Gasteiger partial charge on any atom is 0.226 e. The lowest BCUT2D eigenvalue weighted by Gasteiger charge is -2.24. The molecule has 118 valence electrons. The quantitative estimate of drug-likeness (QED) is 0.844. The van der Waals surface area contributed by atoms with Crippen LogP contribution in [0.3, 0.4) is 0 Å². The van der Waals surface area contributed by atoms with Crippen LogP contribution in [0, 0.1) is 13.8 Å². The van der Waals surface area contributed by atoms with Gasteiger partial charge in [0.15, 0.2) is 0 Å². The number of hydrogen-bond donors (Lipinski definition) is 0. The van der Waals surface area contributed by atoms with E-state index in [1.54, 1.807) is 7.11 Å². The summed E-state index contributed by atoms with van der Waals surface area (Å²) in [6, 6.07) is 1.98. The summed E-state index contributed by atoms with van der Waals surface area (Å²) < 4.78 is 5.44. The highest BCUT2D eigenvalue weighted by molar-refractivity contribution is 5.94. The van der Waals surface area contributed by atoms with Gasteiger partial charge in [0.25, 0.3) is 0 Å². The maximum absolute atomic E-state index is 5.44. The molecule has 0 aromatic carbocycles. The fraction of sp³-hybridized carbons (Fsp3) is 0.471. The fourth-order valence-corrected chi connectivity index (χ4v) is 2.52. The minimum atomic E-state index is 0.592. The molecule has 1 aliphatic heterocycles. The van der Waals surface area contributed by atoms with Crippen LogP contribution in [-0.4, -0.2) is 28.6 Å².